The zero-order chi connectivity index (χ0) is 14.7. The fourth-order valence-corrected chi connectivity index (χ4v) is 1.55. The summed E-state index contributed by atoms with van der Waals surface area (Å²) in [4.78, 5) is 21.8. The Balaban J connectivity index is 2.24. The summed E-state index contributed by atoms with van der Waals surface area (Å²) in [7, 11) is 0. The Bertz CT molecular complexity index is 689. The lowest BCUT2D eigenvalue weighted by Gasteiger charge is -2.06. The van der Waals surface area contributed by atoms with Gasteiger partial charge in [0, 0.05) is 23.8 Å². The van der Waals surface area contributed by atoms with Crippen LogP contribution in [-0.2, 0) is 0 Å². The van der Waals surface area contributed by atoms with Crippen LogP contribution in [0, 0.1) is 21.7 Å². The van der Waals surface area contributed by atoms with Crippen molar-refractivity contribution in [3.63, 3.8) is 0 Å². The summed E-state index contributed by atoms with van der Waals surface area (Å²) in [5, 5.41) is 12.8. The lowest BCUT2D eigenvalue weighted by molar-refractivity contribution is -0.384. The zero-order valence-corrected chi connectivity index (χ0v) is 9.97. The zero-order valence-electron chi connectivity index (χ0n) is 9.97. The number of hydrogen-bond acceptors (Lipinski definition) is 3. The van der Waals surface area contributed by atoms with Gasteiger partial charge in [-0.1, -0.05) is 6.07 Å². The van der Waals surface area contributed by atoms with E-state index in [9.17, 15) is 23.7 Å². The van der Waals surface area contributed by atoms with Gasteiger partial charge < -0.3 is 5.32 Å². The van der Waals surface area contributed by atoms with Crippen molar-refractivity contribution in [2.24, 2.45) is 0 Å². The van der Waals surface area contributed by atoms with Gasteiger partial charge in [-0.25, -0.2) is 8.78 Å². The molecule has 2 aromatic rings. The molecule has 0 saturated carbocycles. The second-order valence-corrected chi connectivity index (χ2v) is 3.89. The molecule has 0 fully saturated rings. The Morgan fingerprint density at radius 3 is 2.55 bits per heavy atom. The lowest BCUT2D eigenvalue weighted by atomic mass is 10.2. The quantitative estimate of drug-likeness (QED) is 0.692. The minimum atomic E-state index is -0.927. The van der Waals surface area contributed by atoms with E-state index in [1.165, 1.54) is 18.2 Å². The van der Waals surface area contributed by atoms with Gasteiger partial charge in [-0.15, -0.1) is 0 Å². The third-order valence-corrected chi connectivity index (χ3v) is 2.50. The molecule has 0 spiro atoms. The number of nitrogens with zero attached hydrogens (tertiary/aromatic N) is 1. The topological polar surface area (TPSA) is 72.2 Å². The van der Waals surface area contributed by atoms with Gasteiger partial charge in [0.05, 0.1) is 10.6 Å². The molecule has 5 nitrogen and oxygen atoms in total. The summed E-state index contributed by atoms with van der Waals surface area (Å²) in [5.41, 5.74) is -0.456. The number of halogens is 2. The summed E-state index contributed by atoms with van der Waals surface area (Å²) in [6.07, 6.45) is 0. The first-order valence-electron chi connectivity index (χ1n) is 5.48. The van der Waals surface area contributed by atoms with Gasteiger partial charge in [0.15, 0.2) is 0 Å². The number of carbonyl (C=O) groups is 1. The van der Waals surface area contributed by atoms with E-state index in [4.69, 9.17) is 0 Å². The van der Waals surface area contributed by atoms with Crippen LogP contribution in [0.4, 0.5) is 20.2 Å². The standard InChI is InChI=1S/C13H8F2N2O3/c14-9-4-5-12(11(15)7-9)16-13(18)8-2-1-3-10(6-8)17(19)20/h1-7H,(H,16,18). The number of carbonyl (C=O) groups excluding carboxylic acids is 1. The van der Waals surface area contributed by atoms with Gasteiger partial charge in [-0.2, -0.15) is 0 Å². The van der Waals surface area contributed by atoms with E-state index >= 15 is 0 Å². The van der Waals surface area contributed by atoms with Crippen molar-refractivity contribution >= 4 is 17.3 Å². The molecule has 0 heterocycles. The summed E-state index contributed by atoms with van der Waals surface area (Å²) in [6, 6.07) is 7.68. The number of nitro benzene ring substituents is 1. The van der Waals surface area contributed by atoms with Crippen LogP contribution in [0.1, 0.15) is 10.4 Å². The highest BCUT2D eigenvalue weighted by Gasteiger charge is 2.13. The van der Waals surface area contributed by atoms with E-state index in [0.717, 1.165) is 18.2 Å². The third-order valence-electron chi connectivity index (χ3n) is 2.50. The Morgan fingerprint density at radius 2 is 1.90 bits per heavy atom. The molecule has 0 aliphatic rings. The van der Waals surface area contributed by atoms with Crippen LogP contribution < -0.4 is 5.32 Å². The Kier molecular flexibility index (Phi) is 3.69. The maximum absolute atomic E-state index is 13.4. The molecular formula is C13H8F2N2O3. The number of amides is 1. The predicted octanol–water partition coefficient (Wildman–Crippen LogP) is 3.13. The first-order chi connectivity index (χ1) is 9.47. The number of nitro groups is 1. The fourth-order valence-electron chi connectivity index (χ4n) is 1.55. The average molecular weight is 278 g/mol. The molecule has 0 aromatic heterocycles. The van der Waals surface area contributed by atoms with Crippen molar-refractivity contribution in [3.8, 4) is 0 Å². The van der Waals surface area contributed by atoms with E-state index in [1.807, 2.05) is 0 Å². The van der Waals surface area contributed by atoms with E-state index < -0.39 is 22.5 Å². The Hall–Kier alpha value is -2.83. The Morgan fingerprint density at radius 1 is 1.15 bits per heavy atom. The third kappa shape index (κ3) is 2.94. The molecule has 2 aromatic carbocycles. The minimum absolute atomic E-state index is 0.00271. The van der Waals surface area contributed by atoms with Crippen molar-refractivity contribution in [2.75, 3.05) is 5.32 Å². The number of rotatable bonds is 3. The van der Waals surface area contributed by atoms with Crippen molar-refractivity contribution < 1.29 is 18.5 Å². The predicted molar refractivity (Wildman–Crippen MR) is 67.4 cm³/mol. The number of benzene rings is 2. The molecular weight excluding hydrogens is 270 g/mol. The van der Waals surface area contributed by atoms with Crippen molar-refractivity contribution in [1.82, 2.24) is 0 Å². The molecule has 1 N–H and O–H groups in total. The number of anilines is 1. The maximum atomic E-state index is 13.4. The highest BCUT2D eigenvalue weighted by Crippen LogP contribution is 2.18. The van der Waals surface area contributed by atoms with Gasteiger partial charge in [-0.3, -0.25) is 14.9 Å². The monoisotopic (exact) mass is 278 g/mol. The fraction of sp³-hybridized carbons (Fsp3) is 0. The molecule has 0 aliphatic heterocycles. The smallest absolute Gasteiger partial charge is 0.270 e. The number of hydrogen-bond donors (Lipinski definition) is 1. The molecule has 0 radical (unpaired) electrons. The van der Waals surface area contributed by atoms with Crippen LogP contribution in [0.2, 0.25) is 0 Å². The van der Waals surface area contributed by atoms with Crippen LogP contribution in [0.25, 0.3) is 0 Å². The van der Waals surface area contributed by atoms with Crippen molar-refractivity contribution in [3.05, 3.63) is 69.8 Å². The highest BCUT2D eigenvalue weighted by molar-refractivity contribution is 6.04. The second kappa shape index (κ2) is 5.43. The first-order valence-corrected chi connectivity index (χ1v) is 5.48. The van der Waals surface area contributed by atoms with Gasteiger partial charge in [-0.05, 0) is 18.2 Å². The summed E-state index contributed by atoms with van der Waals surface area (Å²) in [6.45, 7) is 0. The van der Waals surface area contributed by atoms with Crippen LogP contribution in [0.5, 0.6) is 0 Å². The lowest BCUT2D eigenvalue weighted by Crippen LogP contribution is -2.13. The molecule has 20 heavy (non-hydrogen) atoms. The molecule has 0 aliphatic carbocycles. The maximum Gasteiger partial charge on any atom is 0.270 e. The van der Waals surface area contributed by atoms with Gasteiger partial charge in [0.1, 0.15) is 11.6 Å². The molecule has 0 bridgehead atoms. The van der Waals surface area contributed by atoms with Crippen LogP contribution in [-0.4, -0.2) is 10.8 Å². The average Bonchev–Trinajstić information content (AvgIpc) is 2.42. The Labute approximate surface area is 112 Å². The van der Waals surface area contributed by atoms with E-state index in [0.29, 0.717) is 6.07 Å². The molecule has 0 atom stereocenters. The molecule has 0 saturated heterocycles. The first kappa shape index (κ1) is 13.6. The minimum Gasteiger partial charge on any atom is -0.319 e. The van der Waals surface area contributed by atoms with E-state index in [-0.39, 0.29) is 16.9 Å². The molecule has 0 unspecified atom stereocenters. The summed E-state index contributed by atoms with van der Waals surface area (Å²) in [5.74, 6) is -2.42. The van der Waals surface area contributed by atoms with Crippen LogP contribution >= 0.6 is 0 Å². The number of nitrogens with one attached hydrogen (secondary N) is 1. The SMILES string of the molecule is O=C(Nc1ccc(F)cc1F)c1cccc([N+](=O)[O-])c1. The summed E-state index contributed by atoms with van der Waals surface area (Å²) < 4.78 is 26.1. The largest absolute Gasteiger partial charge is 0.319 e. The van der Waals surface area contributed by atoms with Crippen LogP contribution in [0.15, 0.2) is 42.5 Å². The normalized spacial score (nSPS) is 10.1. The molecule has 2 rings (SSSR count). The van der Waals surface area contributed by atoms with E-state index in [1.54, 1.807) is 0 Å². The molecule has 7 heteroatoms. The van der Waals surface area contributed by atoms with Gasteiger partial charge in [0.2, 0.25) is 0 Å². The summed E-state index contributed by atoms with van der Waals surface area (Å²) >= 11 is 0. The van der Waals surface area contributed by atoms with Gasteiger partial charge in [0.25, 0.3) is 11.6 Å². The van der Waals surface area contributed by atoms with Gasteiger partial charge >= 0.3 is 0 Å². The van der Waals surface area contributed by atoms with Crippen LogP contribution in [0.3, 0.4) is 0 Å². The molecule has 102 valence electrons. The van der Waals surface area contributed by atoms with Crippen molar-refractivity contribution in [1.29, 1.82) is 0 Å². The second-order valence-electron chi connectivity index (χ2n) is 3.89. The highest BCUT2D eigenvalue weighted by atomic mass is 19.1. The van der Waals surface area contributed by atoms with E-state index in [2.05, 4.69) is 5.32 Å². The number of non-ortho nitro benzene ring substituents is 1. The molecule has 1 amide bonds. The van der Waals surface area contributed by atoms with Crippen molar-refractivity contribution in [2.45, 2.75) is 0 Å².